The van der Waals surface area contributed by atoms with Crippen LogP contribution in [0.3, 0.4) is 0 Å². The zero-order valence-electron chi connectivity index (χ0n) is 40.7. The zero-order valence-corrected chi connectivity index (χ0v) is 40.7. The number of unbranched alkanes of at least 4 members (excludes halogenated alkanes) is 31. The van der Waals surface area contributed by atoms with Crippen LogP contribution in [0.5, 0.6) is 0 Å². The van der Waals surface area contributed by atoms with Crippen LogP contribution in [0.2, 0.25) is 0 Å². The summed E-state index contributed by atoms with van der Waals surface area (Å²) in [6.07, 6.45) is 58.3. The molecule has 0 aromatic heterocycles. The Labute approximate surface area is 378 Å². The van der Waals surface area contributed by atoms with Crippen molar-refractivity contribution in [2.24, 2.45) is 0 Å². The quantitative estimate of drug-likeness (QED) is 0.0262. The van der Waals surface area contributed by atoms with Crippen LogP contribution in [-0.2, 0) is 28.6 Å². The third-order valence-electron chi connectivity index (χ3n) is 11.6. The standard InChI is InChI=1S/C55H100O6/c1-4-7-10-13-16-19-22-25-27-30-33-36-39-42-45-48-54(57)60-51-52(50-59-53(56)47-44-41-38-35-32-29-24-21-18-15-12-9-6-3)61-55(58)49-46-43-40-37-34-31-28-26-23-20-17-14-11-8-5-2/h16,19-20,23,25,27,52H,4-15,17-18,21-22,24,26,28-51H2,1-3H3/b19-16+,23-20+,27-25+/t52-/m1/s1. The van der Waals surface area contributed by atoms with E-state index in [1.165, 1.54) is 161 Å². The van der Waals surface area contributed by atoms with Crippen LogP contribution in [0.4, 0.5) is 0 Å². The fraction of sp³-hybridized carbons (Fsp3) is 0.836. The molecule has 0 aromatic rings. The van der Waals surface area contributed by atoms with Gasteiger partial charge >= 0.3 is 17.9 Å². The normalized spacial score (nSPS) is 12.2. The second-order valence-corrected chi connectivity index (χ2v) is 17.8. The van der Waals surface area contributed by atoms with Gasteiger partial charge in [-0.3, -0.25) is 14.4 Å². The van der Waals surface area contributed by atoms with E-state index >= 15 is 0 Å². The lowest BCUT2D eigenvalue weighted by molar-refractivity contribution is -0.167. The van der Waals surface area contributed by atoms with Crippen LogP contribution < -0.4 is 0 Å². The van der Waals surface area contributed by atoms with E-state index in [0.717, 1.165) is 77.0 Å². The maximum Gasteiger partial charge on any atom is 0.306 e. The van der Waals surface area contributed by atoms with Crippen molar-refractivity contribution in [1.29, 1.82) is 0 Å². The summed E-state index contributed by atoms with van der Waals surface area (Å²) >= 11 is 0. The molecule has 0 N–H and O–H groups in total. The molecule has 1 atom stereocenters. The van der Waals surface area contributed by atoms with Gasteiger partial charge in [0.2, 0.25) is 0 Å². The Bertz CT molecular complexity index is 1030. The van der Waals surface area contributed by atoms with Gasteiger partial charge in [0.1, 0.15) is 13.2 Å². The molecule has 0 unspecified atom stereocenters. The molecule has 0 aliphatic rings. The first kappa shape index (κ1) is 58.6. The van der Waals surface area contributed by atoms with Gasteiger partial charge in [-0.25, -0.2) is 0 Å². The molecular weight excluding hydrogens is 757 g/mol. The first-order valence-electron chi connectivity index (χ1n) is 26.5. The fourth-order valence-electron chi connectivity index (χ4n) is 7.59. The molecule has 0 aromatic carbocycles. The third kappa shape index (κ3) is 48.5. The summed E-state index contributed by atoms with van der Waals surface area (Å²) in [5, 5.41) is 0. The van der Waals surface area contributed by atoms with Crippen molar-refractivity contribution in [2.45, 2.75) is 284 Å². The summed E-state index contributed by atoms with van der Waals surface area (Å²) in [7, 11) is 0. The highest BCUT2D eigenvalue weighted by Crippen LogP contribution is 2.15. The second kappa shape index (κ2) is 50.3. The number of rotatable bonds is 48. The van der Waals surface area contributed by atoms with E-state index in [1.54, 1.807) is 0 Å². The maximum atomic E-state index is 12.8. The molecule has 0 amide bonds. The minimum absolute atomic E-state index is 0.0754. The SMILES string of the molecule is CCCCC/C=C/C/C=C/CCCCCCCC(=O)OC[C@@H](COC(=O)CCCCCCCCCCCCCCC)OC(=O)CCCCCCCCC/C=C/CCCCCC. The Hall–Kier alpha value is -2.37. The lowest BCUT2D eigenvalue weighted by Crippen LogP contribution is -2.30. The Balaban J connectivity index is 4.38. The van der Waals surface area contributed by atoms with Gasteiger partial charge < -0.3 is 14.2 Å². The van der Waals surface area contributed by atoms with Gasteiger partial charge in [-0.15, -0.1) is 0 Å². The highest BCUT2D eigenvalue weighted by molar-refractivity contribution is 5.71. The number of carbonyl (C=O) groups excluding carboxylic acids is 3. The topological polar surface area (TPSA) is 78.9 Å². The predicted molar refractivity (Wildman–Crippen MR) is 261 cm³/mol. The van der Waals surface area contributed by atoms with Gasteiger partial charge in [0.15, 0.2) is 6.10 Å². The molecule has 0 aliphatic carbocycles. The van der Waals surface area contributed by atoms with Crippen LogP contribution in [-0.4, -0.2) is 37.2 Å². The van der Waals surface area contributed by atoms with Crippen molar-refractivity contribution < 1.29 is 28.6 Å². The fourth-order valence-corrected chi connectivity index (χ4v) is 7.59. The predicted octanol–water partition coefficient (Wildman–Crippen LogP) is 17.3. The van der Waals surface area contributed by atoms with Gasteiger partial charge in [0, 0.05) is 19.3 Å². The first-order chi connectivity index (χ1) is 30.0. The maximum absolute atomic E-state index is 12.8. The highest BCUT2D eigenvalue weighted by atomic mass is 16.6. The van der Waals surface area contributed by atoms with Crippen LogP contribution in [0, 0.1) is 0 Å². The number of allylic oxidation sites excluding steroid dienone is 6. The summed E-state index contributed by atoms with van der Waals surface area (Å²) < 4.78 is 16.8. The number of carbonyl (C=O) groups is 3. The minimum atomic E-state index is -0.776. The van der Waals surface area contributed by atoms with E-state index in [-0.39, 0.29) is 31.1 Å². The van der Waals surface area contributed by atoms with Crippen molar-refractivity contribution in [3.63, 3.8) is 0 Å². The molecule has 0 saturated heterocycles. The first-order valence-corrected chi connectivity index (χ1v) is 26.5. The Kier molecular flexibility index (Phi) is 48.3. The third-order valence-corrected chi connectivity index (χ3v) is 11.6. The molecule has 0 aliphatic heterocycles. The van der Waals surface area contributed by atoms with E-state index in [0.29, 0.717) is 19.3 Å². The van der Waals surface area contributed by atoms with Gasteiger partial charge in [-0.1, -0.05) is 218 Å². The number of ether oxygens (including phenoxy) is 3. The smallest absolute Gasteiger partial charge is 0.306 e. The Morgan fingerprint density at radius 2 is 0.590 bits per heavy atom. The van der Waals surface area contributed by atoms with Crippen molar-refractivity contribution >= 4 is 17.9 Å². The van der Waals surface area contributed by atoms with Crippen LogP contribution >= 0.6 is 0 Å². The van der Waals surface area contributed by atoms with Crippen molar-refractivity contribution in [2.75, 3.05) is 13.2 Å². The van der Waals surface area contributed by atoms with E-state index in [4.69, 9.17) is 14.2 Å². The summed E-state index contributed by atoms with van der Waals surface area (Å²) in [6.45, 7) is 6.60. The average molecular weight is 857 g/mol. The molecule has 0 spiro atoms. The van der Waals surface area contributed by atoms with Crippen molar-refractivity contribution in [3.05, 3.63) is 36.5 Å². The molecular formula is C55H100O6. The van der Waals surface area contributed by atoms with E-state index in [9.17, 15) is 14.4 Å². The Morgan fingerprint density at radius 1 is 0.328 bits per heavy atom. The van der Waals surface area contributed by atoms with E-state index < -0.39 is 6.10 Å². The highest BCUT2D eigenvalue weighted by Gasteiger charge is 2.19. The molecule has 6 nitrogen and oxygen atoms in total. The lowest BCUT2D eigenvalue weighted by atomic mass is 10.0. The molecule has 0 fully saturated rings. The number of hydrogen-bond acceptors (Lipinski definition) is 6. The van der Waals surface area contributed by atoms with Crippen molar-refractivity contribution in [1.82, 2.24) is 0 Å². The van der Waals surface area contributed by atoms with E-state index in [1.807, 2.05) is 0 Å². The molecule has 0 bridgehead atoms. The Morgan fingerprint density at radius 3 is 0.967 bits per heavy atom. The number of esters is 3. The average Bonchev–Trinajstić information content (AvgIpc) is 3.26. The zero-order chi connectivity index (χ0) is 44.4. The van der Waals surface area contributed by atoms with E-state index in [2.05, 4.69) is 57.2 Å². The van der Waals surface area contributed by atoms with Gasteiger partial charge in [0.05, 0.1) is 0 Å². The molecule has 0 rings (SSSR count). The summed E-state index contributed by atoms with van der Waals surface area (Å²) in [5.74, 6) is -0.883. The van der Waals surface area contributed by atoms with Crippen molar-refractivity contribution in [3.8, 4) is 0 Å². The van der Waals surface area contributed by atoms with Gasteiger partial charge in [-0.05, 0) is 77.0 Å². The summed E-state index contributed by atoms with van der Waals surface area (Å²) in [5.41, 5.74) is 0. The molecule has 356 valence electrons. The molecule has 6 heteroatoms. The second-order valence-electron chi connectivity index (χ2n) is 17.8. The summed E-state index contributed by atoms with van der Waals surface area (Å²) in [4.78, 5) is 38.0. The molecule has 61 heavy (non-hydrogen) atoms. The minimum Gasteiger partial charge on any atom is -0.462 e. The molecule has 0 heterocycles. The molecule has 0 radical (unpaired) electrons. The van der Waals surface area contributed by atoms with Crippen LogP contribution in [0.15, 0.2) is 36.5 Å². The van der Waals surface area contributed by atoms with Crippen LogP contribution in [0.25, 0.3) is 0 Å². The largest absolute Gasteiger partial charge is 0.462 e. The van der Waals surface area contributed by atoms with Gasteiger partial charge in [0.25, 0.3) is 0 Å². The monoisotopic (exact) mass is 857 g/mol. The lowest BCUT2D eigenvalue weighted by Gasteiger charge is -2.18. The summed E-state index contributed by atoms with van der Waals surface area (Å²) in [6, 6.07) is 0. The molecule has 0 saturated carbocycles. The van der Waals surface area contributed by atoms with Gasteiger partial charge in [-0.2, -0.15) is 0 Å². The van der Waals surface area contributed by atoms with Crippen LogP contribution in [0.1, 0.15) is 278 Å². The number of hydrogen-bond donors (Lipinski definition) is 0.